The minimum absolute atomic E-state index is 0.0949. The summed E-state index contributed by atoms with van der Waals surface area (Å²) in [5, 5.41) is 2.85. The van der Waals surface area contributed by atoms with Gasteiger partial charge in [0.1, 0.15) is 0 Å². The van der Waals surface area contributed by atoms with Gasteiger partial charge in [-0.05, 0) is 12.3 Å². The lowest BCUT2D eigenvalue weighted by molar-refractivity contribution is -0.118. The smallest absolute Gasteiger partial charge is 0.216 e. The Kier molecular flexibility index (Phi) is 13.5. The molecule has 0 saturated carbocycles. The monoisotopic (exact) mass is 269 g/mol. The molecule has 0 heterocycles. The Labute approximate surface area is 120 Å². The normalized spacial score (nSPS) is 10.9. The average molecular weight is 269 g/mol. The van der Waals surface area contributed by atoms with Gasteiger partial charge in [0.25, 0.3) is 0 Å². The van der Waals surface area contributed by atoms with E-state index in [-0.39, 0.29) is 5.91 Å². The van der Waals surface area contributed by atoms with Gasteiger partial charge in [-0.25, -0.2) is 0 Å². The molecule has 0 unspecified atom stereocenters. The Bertz CT molecular complexity index is 201. The Morgan fingerprint density at radius 3 is 1.63 bits per heavy atom. The summed E-state index contributed by atoms with van der Waals surface area (Å²) in [5.74, 6) is 0.968. The van der Waals surface area contributed by atoms with E-state index in [1.165, 1.54) is 64.2 Å². The summed E-state index contributed by atoms with van der Waals surface area (Å²) in [4.78, 5) is 10.7. The van der Waals surface area contributed by atoms with Gasteiger partial charge in [0.15, 0.2) is 0 Å². The van der Waals surface area contributed by atoms with Gasteiger partial charge in [0.05, 0.1) is 0 Å². The Morgan fingerprint density at radius 2 is 1.21 bits per heavy atom. The summed E-state index contributed by atoms with van der Waals surface area (Å²) in [6, 6.07) is 0. The quantitative estimate of drug-likeness (QED) is 0.465. The highest BCUT2D eigenvalue weighted by atomic mass is 16.1. The van der Waals surface area contributed by atoms with Crippen molar-refractivity contribution in [2.75, 3.05) is 6.54 Å². The maximum Gasteiger partial charge on any atom is 0.216 e. The molecule has 0 aromatic heterocycles. The molecule has 2 nitrogen and oxygen atoms in total. The first kappa shape index (κ1) is 18.5. The SMILES string of the molecule is CC(=O)NCCCCCCCCCCCCC(C)C. The van der Waals surface area contributed by atoms with Crippen LogP contribution < -0.4 is 5.32 Å². The second-order valence-corrected chi connectivity index (χ2v) is 6.20. The van der Waals surface area contributed by atoms with Gasteiger partial charge in [0, 0.05) is 13.5 Å². The fourth-order valence-electron chi connectivity index (χ4n) is 2.36. The number of carbonyl (C=O) groups excluding carboxylic acids is 1. The van der Waals surface area contributed by atoms with Crippen molar-refractivity contribution in [1.82, 2.24) is 5.32 Å². The van der Waals surface area contributed by atoms with Gasteiger partial charge in [-0.1, -0.05) is 78.1 Å². The van der Waals surface area contributed by atoms with Gasteiger partial charge in [-0.2, -0.15) is 0 Å². The molecule has 0 atom stereocenters. The fourth-order valence-corrected chi connectivity index (χ4v) is 2.36. The third-order valence-electron chi connectivity index (χ3n) is 3.58. The van der Waals surface area contributed by atoms with Crippen molar-refractivity contribution in [2.45, 2.75) is 91.4 Å². The van der Waals surface area contributed by atoms with Crippen LogP contribution in [-0.2, 0) is 4.79 Å². The molecule has 19 heavy (non-hydrogen) atoms. The molecule has 0 aromatic carbocycles. The summed E-state index contributed by atoms with van der Waals surface area (Å²) >= 11 is 0. The second kappa shape index (κ2) is 13.9. The van der Waals surface area contributed by atoms with Gasteiger partial charge in [-0.3, -0.25) is 4.79 Å². The lowest BCUT2D eigenvalue weighted by Crippen LogP contribution is -2.20. The zero-order chi connectivity index (χ0) is 14.3. The third kappa shape index (κ3) is 17.5. The van der Waals surface area contributed by atoms with Crippen LogP contribution in [0.1, 0.15) is 91.4 Å². The number of hydrogen-bond donors (Lipinski definition) is 1. The first-order valence-electron chi connectivity index (χ1n) is 8.37. The summed E-state index contributed by atoms with van der Waals surface area (Å²) in [5.41, 5.74) is 0. The van der Waals surface area contributed by atoms with E-state index >= 15 is 0 Å². The number of hydrogen-bond acceptors (Lipinski definition) is 1. The summed E-state index contributed by atoms with van der Waals surface area (Å²) in [7, 11) is 0. The van der Waals surface area contributed by atoms with Crippen molar-refractivity contribution in [3.63, 3.8) is 0 Å². The van der Waals surface area contributed by atoms with Crippen LogP contribution in [0.25, 0.3) is 0 Å². The van der Waals surface area contributed by atoms with E-state index in [1.807, 2.05) is 0 Å². The van der Waals surface area contributed by atoms with Crippen molar-refractivity contribution in [3.05, 3.63) is 0 Å². The van der Waals surface area contributed by atoms with E-state index in [0.717, 1.165) is 18.9 Å². The van der Waals surface area contributed by atoms with E-state index in [0.29, 0.717) is 0 Å². The molecule has 0 aromatic rings. The van der Waals surface area contributed by atoms with Crippen molar-refractivity contribution < 1.29 is 4.79 Å². The molecule has 0 bridgehead atoms. The minimum atomic E-state index is 0.0949. The molecule has 0 rings (SSSR count). The maximum absolute atomic E-state index is 10.7. The molecule has 2 heteroatoms. The van der Waals surface area contributed by atoms with Crippen molar-refractivity contribution in [2.24, 2.45) is 5.92 Å². The topological polar surface area (TPSA) is 29.1 Å². The molecule has 1 amide bonds. The van der Waals surface area contributed by atoms with Crippen LogP contribution in [0.3, 0.4) is 0 Å². The molecule has 0 aliphatic rings. The molecule has 0 saturated heterocycles. The highest BCUT2D eigenvalue weighted by molar-refractivity contribution is 5.72. The Balaban J connectivity index is 2.97. The predicted molar refractivity (Wildman–Crippen MR) is 84.3 cm³/mol. The van der Waals surface area contributed by atoms with Gasteiger partial charge in [-0.15, -0.1) is 0 Å². The van der Waals surface area contributed by atoms with Crippen molar-refractivity contribution in [3.8, 4) is 0 Å². The number of unbranched alkanes of at least 4 members (excludes halogenated alkanes) is 9. The van der Waals surface area contributed by atoms with E-state index < -0.39 is 0 Å². The predicted octanol–water partition coefficient (Wildman–Crippen LogP) is 5.07. The van der Waals surface area contributed by atoms with Crippen LogP contribution in [0, 0.1) is 5.92 Å². The third-order valence-corrected chi connectivity index (χ3v) is 3.58. The van der Waals surface area contributed by atoms with Crippen LogP contribution in [0.2, 0.25) is 0 Å². The van der Waals surface area contributed by atoms with Crippen LogP contribution >= 0.6 is 0 Å². The van der Waals surface area contributed by atoms with Crippen molar-refractivity contribution >= 4 is 5.91 Å². The largest absolute Gasteiger partial charge is 0.356 e. The average Bonchev–Trinajstić information content (AvgIpc) is 2.34. The molecule has 0 aliphatic carbocycles. The van der Waals surface area contributed by atoms with Crippen molar-refractivity contribution in [1.29, 1.82) is 0 Å². The van der Waals surface area contributed by atoms with E-state index in [4.69, 9.17) is 0 Å². The van der Waals surface area contributed by atoms with Gasteiger partial charge >= 0.3 is 0 Å². The first-order valence-corrected chi connectivity index (χ1v) is 8.37. The first-order chi connectivity index (χ1) is 9.13. The second-order valence-electron chi connectivity index (χ2n) is 6.20. The van der Waals surface area contributed by atoms with Crippen LogP contribution in [0.15, 0.2) is 0 Å². The molecular weight excluding hydrogens is 234 g/mol. The standard InChI is InChI=1S/C17H35NO/c1-16(2)14-12-10-8-6-4-5-7-9-11-13-15-18-17(3)19/h16H,4-15H2,1-3H3,(H,18,19). The number of amides is 1. The van der Waals surface area contributed by atoms with Crippen LogP contribution in [0.4, 0.5) is 0 Å². The highest BCUT2D eigenvalue weighted by Gasteiger charge is 1.96. The van der Waals surface area contributed by atoms with E-state index in [9.17, 15) is 4.79 Å². The molecule has 0 radical (unpaired) electrons. The fraction of sp³-hybridized carbons (Fsp3) is 0.941. The lowest BCUT2D eigenvalue weighted by atomic mass is 10.0. The highest BCUT2D eigenvalue weighted by Crippen LogP contribution is 2.13. The summed E-state index contributed by atoms with van der Waals surface area (Å²) in [6.07, 6.45) is 15.0. The number of nitrogens with one attached hydrogen (secondary N) is 1. The Hall–Kier alpha value is -0.530. The molecule has 0 aliphatic heterocycles. The molecule has 114 valence electrons. The molecular formula is C17H35NO. The zero-order valence-electron chi connectivity index (χ0n) is 13.5. The molecule has 0 spiro atoms. The van der Waals surface area contributed by atoms with E-state index in [2.05, 4.69) is 19.2 Å². The number of carbonyl (C=O) groups is 1. The molecule has 1 N–H and O–H groups in total. The molecule has 0 fully saturated rings. The van der Waals surface area contributed by atoms with Crippen LogP contribution in [-0.4, -0.2) is 12.5 Å². The zero-order valence-corrected chi connectivity index (χ0v) is 13.5. The summed E-state index contributed by atoms with van der Waals surface area (Å²) < 4.78 is 0. The van der Waals surface area contributed by atoms with Gasteiger partial charge in [0.2, 0.25) is 5.91 Å². The minimum Gasteiger partial charge on any atom is -0.356 e. The Morgan fingerprint density at radius 1 is 0.789 bits per heavy atom. The van der Waals surface area contributed by atoms with Crippen LogP contribution in [0.5, 0.6) is 0 Å². The maximum atomic E-state index is 10.7. The summed E-state index contributed by atoms with van der Waals surface area (Å²) in [6.45, 7) is 7.06. The number of rotatable bonds is 13. The van der Waals surface area contributed by atoms with E-state index in [1.54, 1.807) is 6.92 Å². The lowest BCUT2D eigenvalue weighted by Gasteiger charge is -2.05. The van der Waals surface area contributed by atoms with Gasteiger partial charge < -0.3 is 5.32 Å².